The summed E-state index contributed by atoms with van der Waals surface area (Å²) in [5.41, 5.74) is 8.25. The molecule has 0 saturated carbocycles. The van der Waals surface area contributed by atoms with Gasteiger partial charge in [-0.15, -0.1) is 0 Å². The Morgan fingerprint density at radius 2 is 1.28 bits per heavy atom. The summed E-state index contributed by atoms with van der Waals surface area (Å²) >= 11 is 0. The van der Waals surface area contributed by atoms with Crippen LogP contribution in [0.2, 0.25) is 0 Å². The molecule has 57 heavy (non-hydrogen) atoms. The van der Waals surface area contributed by atoms with Gasteiger partial charge in [0.05, 0.1) is 5.60 Å². The van der Waals surface area contributed by atoms with E-state index in [0.717, 1.165) is 16.7 Å². The molecule has 5 atom stereocenters. The Bertz CT molecular complexity index is 1680. The molecule has 2 aliphatic rings. The summed E-state index contributed by atoms with van der Waals surface area (Å²) in [6.07, 6.45) is 34.0. The molecule has 2 rings (SSSR count). The van der Waals surface area contributed by atoms with Crippen LogP contribution in [-0.4, -0.2) is 64.2 Å². The minimum atomic E-state index is -1.50. The lowest BCUT2D eigenvalue weighted by Crippen LogP contribution is -2.60. The van der Waals surface area contributed by atoms with Crippen molar-refractivity contribution in [3.63, 3.8) is 0 Å². The first-order valence-corrected chi connectivity index (χ1v) is 20.5. The highest BCUT2D eigenvalue weighted by Gasteiger charge is 2.46. The van der Waals surface area contributed by atoms with E-state index in [9.17, 15) is 20.1 Å². The molecule has 0 aromatic carbocycles. The predicted molar refractivity (Wildman–Crippen MR) is 236 cm³/mol. The molecule has 3 N–H and O–H groups in total. The van der Waals surface area contributed by atoms with Crippen molar-refractivity contribution < 1.29 is 34.3 Å². The molecule has 0 spiro atoms. The second-order valence-electron chi connectivity index (χ2n) is 16.7. The zero-order valence-corrected chi connectivity index (χ0v) is 36.6. The van der Waals surface area contributed by atoms with Crippen LogP contribution in [-0.2, 0) is 19.0 Å². The molecule has 0 aromatic rings. The van der Waals surface area contributed by atoms with Crippen LogP contribution in [0.25, 0.3) is 0 Å². The Kier molecular flexibility index (Phi) is 21.5. The summed E-state index contributed by atoms with van der Waals surface area (Å²) in [6, 6.07) is 0. The van der Waals surface area contributed by atoms with Gasteiger partial charge in [0.25, 0.3) is 0 Å². The molecular weight excluding hydrogens is 713 g/mol. The Morgan fingerprint density at radius 1 is 0.772 bits per heavy atom. The molecule has 314 valence electrons. The number of aliphatic hydroxyl groups excluding tert-OH is 3. The van der Waals surface area contributed by atoms with E-state index in [1.165, 1.54) is 41.6 Å². The maximum absolute atomic E-state index is 11.8. The van der Waals surface area contributed by atoms with Crippen LogP contribution in [0.5, 0.6) is 0 Å². The van der Waals surface area contributed by atoms with Gasteiger partial charge in [-0.1, -0.05) is 158 Å². The molecule has 1 aliphatic heterocycles. The molecule has 7 heteroatoms. The van der Waals surface area contributed by atoms with Crippen molar-refractivity contribution >= 4 is 5.97 Å². The highest BCUT2D eigenvalue weighted by atomic mass is 16.7. The summed E-state index contributed by atoms with van der Waals surface area (Å²) < 4.78 is 16.9. The monoisotopic (exact) mass is 785 g/mol. The van der Waals surface area contributed by atoms with Crippen LogP contribution in [0, 0.1) is 5.41 Å². The van der Waals surface area contributed by atoms with E-state index in [0.29, 0.717) is 12.8 Å². The molecule has 0 unspecified atom stereocenters. The summed E-state index contributed by atoms with van der Waals surface area (Å²) in [4.78, 5) is 11.8. The first kappa shape index (κ1) is 49.3. The third-order valence-corrected chi connectivity index (χ3v) is 10.00. The fraction of sp³-hybridized carbons (Fsp3) is 0.500. The van der Waals surface area contributed by atoms with Gasteiger partial charge in [0.2, 0.25) is 0 Å². The van der Waals surface area contributed by atoms with Crippen LogP contribution >= 0.6 is 0 Å². The number of aliphatic hydroxyl groups is 3. The van der Waals surface area contributed by atoms with Crippen molar-refractivity contribution in [3.05, 3.63) is 142 Å². The average Bonchev–Trinajstić information content (AvgIpc) is 3.12. The number of esters is 1. The molecule has 1 fully saturated rings. The van der Waals surface area contributed by atoms with E-state index in [4.69, 9.17) is 14.2 Å². The van der Waals surface area contributed by atoms with Gasteiger partial charge in [-0.3, -0.25) is 4.79 Å². The van der Waals surface area contributed by atoms with Crippen LogP contribution in [0.4, 0.5) is 0 Å². The first-order chi connectivity index (χ1) is 26.8. The summed E-state index contributed by atoms with van der Waals surface area (Å²) in [5, 5.41) is 31.2. The van der Waals surface area contributed by atoms with Gasteiger partial charge < -0.3 is 29.5 Å². The highest BCUT2D eigenvalue weighted by molar-refractivity contribution is 5.69. The Labute approximate surface area is 344 Å². The van der Waals surface area contributed by atoms with E-state index >= 15 is 0 Å². The van der Waals surface area contributed by atoms with Crippen LogP contribution < -0.4 is 0 Å². The summed E-state index contributed by atoms with van der Waals surface area (Å²) in [7, 11) is 0. The van der Waals surface area contributed by atoms with Crippen LogP contribution in [0.1, 0.15) is 115 Å². The van der Waals surface area contributed by atoms with Crippen molar-refractivity contribution in [1.29, 1.82) is 0 Å². The average molecular weight is 785 g/mol. The van der Waals surface area contributed by atoms with E-state index in [1.54, 1.807) is 0 Å². The second kappa shape index (κ2) is 24.8. The lowest BCUT2D eigenvalue weighted by molar-refractivity contribution is -0.323. The van der Waals surface area contributed by atoms with Gasteiger partial charge in [0.15, 0.2) is 6.29 Å². The molecule has 0 radical (unpaired) electrons. The number of hydrogen-bond donors (Lipinski definition) is 3. The molecule has 0 bridgehead atoms. The van der Waals surface area contributed by atoms with Gasteiger partial charge in [-0.2, -0.15) is 0 Å². The molecule has 7 nitrogen and oxygen atoms in total. The molecule has 1 heterocycles. The predicted octanol–water partition coefficient (Wildman–Crippen LogP) is 10.9. The molecule has 1 aliphatic carbocycles. The Balaban J connectivity index is 1.83. The quantitative estimate of drug-likeness (QED) is 0.0885. The molecular formula is C50H72O7. The van der Waals surface area contributed by atoms with Gasteiger partial charge in [-0.25, -0.2) is 0 Å². The zero-order chi connectivity index (χ0) is 42.6. The fourth-order valence-corrected chi connectivity index (χ4v) is 6.47. The first-order valence-electron chi connectivity index (χ1n) is 20.5. The van der Waals surface area contributed by atoms with Crippen LogP contribution in [0.3, 0.4) is 0 Å². The number of allylic oxidation sites excluding steroid dienone is 23. The van der Waals surface area contributed by atoms with Gasteiger partial charge in [0, 0.05) is 6.42 Å². The minimum absolute atomic E-state index is 0.244. The van der Waals surface area contributed by atoms with E-state index in [2.05, 4.69) is 121 Å². The van der Waals surface area contributed by atoms with Crippen molar-refractivity contribution in [1.82, 2.24) is 0 Å². The SMILES string of the molecule is CCCC(=O)OC[C@H]1O[C@@H](OC(C)(C)C/C=C/C(C)=C/C=C/C(C)=C/C=C/C(C)=C/C=C/C=C(C)/C=C/C=C(C)/C=C/C2=C(C)CCCC2(C)C)[C@H](O)[C@@H](O)[C@@H]1O. The number of hydrogen-bond acceptors (Lipinski definition) is 7. The van der Waals surface area contributed by atoms with E-state index in [1.807, 2.05) is 58.1 Å². The summed E-state index contributed by atoms with van der Waals surface area (Å²) in [6.45, 7) is 22.7. The molecule has 0 amide bonds. The third kappa shape index (κ3) is 19.0. The second-order valence-corrected chi connectivity index (χ2v) is 16.7. The van der Waals surface area contributed by atoms with E-state index < -0.39 is 42.3 Å². The Hall–Kier alpha value is -3.85. The number of ether oxygens (including phenoxy) is 3. The lowest BCUT2D eigenvalue weighted by Gasteiger charge is -2.42. The minimum Gasteiger partial charge on any atom is -0.463 e. The van der Waals surface area contributed by atoms with Crippen molar-refractivity contribution in [2.24, 2.45) is 5.41 Å². The van der Waals surface area contributed by atoms with Gasteiger partial charge >= 0.3 is 5.97 Å². The maximum atomic E-state index is 11.8. The standard InChI is InChI=1S/C50H72O7/c1-12-20-44(51)55-35-43-45(52)46(53)47(54)48(56-43)57-50(10,11)34-18-29-39(5)27-16-26-38(4)25-15-23-36(2)21-13-14-22-37(3)24-17-28-40(6)31-32-42-41(7)30-19-33-49(42,8)9/h13-18,21-29,31-32,43,45-48,52-54H,12,19-20,30,33-35H2,1-11H3/b14-13+,23-15+,24-17+,26-16+,29-18+,32-31+,36-21+,37-22+,38-25+,39-27+,40-28+/t43-,45-,46+,47-,48+/m1/s1. The van der Waals surface area contributed by atoms with Gasteiger partial charge in [-0.05, 0) is 98.5 Å². The topological polar surface area (TPSA) is 105 Å². The van der Waals surface area contributed by atoms with Gasteiger partial charge in [0.1, 0.15) is 31.0 Å². The molecule has 1 saturated heterocycles. The normalized spacial score (nSPS) is 25.2. The lowest BCUT2D eigenvalue weighted by atomic mass is 9.72. The largest absolute Gasteiger partial charge is 0.463 e. The smallest absolute Gasteiger partial charge is 0.305 e. The molecule has 0 aromatic heterocycles. The number of rotatable bonds is 19. The number of carbonyl (C=O) groups excluding carboxylic acids is 1. The maximum Gasteiger partial charge on any atom is 0.305 e. The third-order valence-electron chi connectivity index (χ3n) is 10.00. The van der Waals surface area contributed by atoms with Crippen molar-refractivity contribution in [2.45, 2.75) is 151 Å². The Morgan fingerprint density at radius 3 is 1.81 bits per heavy atom. The summed E-state index contributed by atoms with van der Waals surface area (Å²) in [5.74, 6) is -0.418. The van der Waals surface area contributed by atoms with Crippen LogP contribution in [0.15, 0.2) is 142 Å². The highest BCUT2D eigenvalue weighted by Crippen LogP contribution is 2.40. The zero-order valence-electron chi connectivity index (χ0n) is 36.6. The van der Waals surface area contributed by atoms with Crippen molar-refractivity contribution in [3.8, 4) is 0 Å². The van der Waals surface area contributed by atoms with E-state index in [-0.39, 0.29) is 18.4 Å². The van der Waals surface area contributed by atoms with Crippen molar-refractivity contribution in [2.75, 3.05) is 6.61 Å². The number of carbonyl (C=O) groups is 1. The fourth-order valence-electron chi connectivity index (χ4n) is 6.47.